The van der Waals surface area contributed by atoms with Crippen molar-refractivity contribution in [1.29, 1.82) is 0 Å². The predicted molar refractivity (Wildman–Crippen MR) is 90.3 cm³/mol. The molecule has 2 heterocycles. The van der Waals surface area contributed by atoms with Crippen molar-refractivity contribution in [1.82, 2.24) is 14.9 Å². The summed E-state index contributed by atoms with van der Waals surface area (Å²) in [5, 5.41) is 0. The van der Waals surface area contributed by atoms with Gasteiger partial charge in [0, 0.05) is 44.4 Å². The second-order valence-corrected chi connectivity index (χ2v) is 5.87. The maximum absolute atomic E-state index is 12.4. The summed E-state index contributed by atoms with van der Waals surface area (Å²) in [6.45, 7) is 5.14. The van der Waals surface area contributed by atoms with Crippen molar-refractivity contribution in [2.75, 3.05) is 31.1 Å². The number of hydrogen-bond acceptors (Lipinski definition) is 4. The van der Waals surface area contributed by atoms with E-state index in [1.54, 1.807) is 6.33 Å². The first-order chi connectivity index (χ1) is 11.2. The summed E-state index contributed by atoms with van der Waals surface area (Å²) in [7, 11) is 0. The van der Waals surface area contributed by atoms with Gasteiger partial charge in [-0.15, -0.1) is 0 Å². The Morgan fingerprint density at radius 3 is 2.52 bits per heavy atom. The van der Waals surface area contributed by atoms with Crippen molar-refractivity contribution in [2.24, 2.45) is 0 Å². The molecule has 5 heteroatoms. The van der Waals surface area contributed by atoms with Gasteiger partial charge in [0.15, 0.2) is 0 Å². The lowest BCUT2D eigenvalue weighted by Gasteiger charge is -2.35. The highest BCUT2D eigenvalue weighted by Gasteiger charge is 2.21. The van der Waals surface area contributed by atoms with E-state index in [2.05, 4.69) is 27.0 Å². The normalized spacial score (nSPS) is 14.8. The molecule has 0 N–H and O–H groups in total. The Morgan fingerprint density at radius 2 is 1.83 bits per heavy atom. The van der Waals surface area contributed by atoms with Crippen LogP contribution in [-0.4, -0.2) is 47.0 Å². The van der Waals surface area contributed by atoms with Gasteiger partial charge in [-0.3, -0.25) is 4.79 Å². The fraction of sp³-hybridized carbons (Fsp3) is 0.389. The molecule has 0 spiro atoms. The van der Waals surface area contributed by atoms with Gasteiger partial charge in [-0.1, -0.05) is 30.3 Å². The lowest BCUT2D eigenvalue weighted by molar-refractivity contribution is -0.131. The standard InChI is InChI=1S/C18H22N4O/c1-15-13-17(20-14-19-15)21-9-11-22(12-10-21)18(23)8-7-16-5-3-2-4-6-16/h2-6,13-14H,7-12H2,1H3. The number of nitrogens with zero attached hydrogens (tertiary/aromatic N) is 4. The van der Waals surface area contributed by atoms with Gasteiger partial charge in [0.2, 0.25) is 5.91 Å². The fourth-order valence-electron chi connectivity index (χ4n) is 2.85. The molecule has 2 aromatic rings. The molecular weight excluding hydrogens is 288 g/mol. The summed E-state index contributed by atoms with van der Waals surface area (Å²) < 4.78 is 0. The minimum Gasteiger partial charge on any atom is -0.353 e. The molecule has 0 aliphatic carbocycles. The molecule has 1 aromatic carbocycles. The van der Waals surface area contributed by atoms with Crippen molar-refractivity contribution >= 4 is 11.7 Å². The molecule has 5 nitrogen and oxygen atoms in total. The van der Waals surface area contributed by atoms with Crippen LogP contribution in [0.1, 0.15) is 17.7 Å². The van der Waals surface area contributed by atoms with E-state index in [-0.39, 0.29) is 5.91 Å². The quantitative estimate of drug-likeness (QED) is 0.867. The average molecular weight is 310 g/mol. The molecule has 120 valence electrons. The zero-order chi connectivity index (χ0) is 16.1. The van der Waals surface area contributed by atoms with Crippen LogP contribution in [0.4, 0.5) is 5.82 Å². The summed E-state index contributed by atoms with van der Waals surface area (Å²) in [4.78, 5) is 25.0. The van der Waals surface area contributed by atoms with E-state index in [0.29, 0.717) is 6.42 Å². The number of aromatic nitrogens is 2. The van der Waals surface area contributed by atoms with Gasteiger partial charge in [-0.25, -0.2) is 9.97 Å². The fourth-order valence-corrected chi connectivity index (χ4v) is 2.85. The number of piperazine rings is 1. The van der Waals surface area contributed by atoms with Crippen molar-refractivity contribution in [3.8, 4) is 0 Å². The Hall–Kier alpha value is -2.43. The molecule has 0 radical (unpaired) electrons. The van der Waals surface area contributed by atoms with Crippen LogP contribution in [0.5, 0.6) is 0 Å². The Balaban J connectivity index is 1.49. The number of benzene rings is 1. The Labute approximate surface area is 137 Å². The molecule has 1 saturated heterocycles. The van der Waals surface area contributed by atoms with Crippen LogP contribution in [0.3, 0.4) is 0 Å². The van der Waals surface area contributed by atoms with Gasteiger partial charge in [0.1, 0.15) is 12.1 Å². The number of carbonyl (C=O) groups excluding carboxylic acids is 1. The van der Waals surface area contributed by atoms with Gasteiger partial charge in [-0.2, -0.15) is 0 Å². The molecule has 0 bridgehead atoms. The van der Waals surface area contributed by atoms with E-state index < -0.39 is 0 Å². The molecule has 0 unspecified atom stereocenters. The van der Waals surface area contributed by atoms with Gasteiger partial charge in [0.05, 0.1) is 0 Å². The molecule has 1 aromatic heterocycles. The van der Waals surface area contributed by atoms with Crippen LogP contribution in [0.15, 0.2) is 42.7 Å². The summed E-state index contributed by atoms with van der Waals surface area (Å²) in [5.41, 5.74) is 2.19. The lowest BCUT2D eigenvalue weighted by Crippen LogP contribution is -2.49. The number of anilines is 1. The highest BCUT2D eigenvalue weighted by Crippen LogP contribution is 2.14. The second kappa shape index (κ2) is 7.22. The molecule has 1 amide bonds. The molecule has 23 heavy (non-hydrogen) atoms. The maximum Gasteiger partial charge on any atom is 0.223 e. The largest absolute Gasteiger partial charge is 0.353 e. The van der Waals surface area contributed by atoms with Crippen molar-refractivity contribution in [3.05, 3.63) is 54.0 Å². The van der Waals surface area contributed by atoms with Crippen LogP contribution in [0.25, 0.3) is 0 Å². The van der Waals surface area contributed by atoms with Gasteiger partial charge in [0.25, 0.3) is 0 Å². The molecule has 0 saturated carbocycles. The third-order valence-corrected chi connectivity index (χ3v) is 4.22. The zero-order valence-corrected chi connectivity index (χ0v) is 13.5. The number of hydrogen-bond donors (Lipinski definition) is 0. The van der Waals surface area contributed by atoms with Crippen molar-refractivity contribution in [2.45, 2.75) is 19.8 Å². The average Bonchev–Trinajstić information content (AvgIpc) is 2.61. The first-order valence-electron chi connectivity index (χ1n) is 8.08. The van der Waals surface area contributed by atoms with Gasteiger partial charge >= 0.3 is 0 Å². The molecular formula is C18H22N4O. The van der Waals surface area contributed by atoms with Crippen molar-refractivity contribution < 1.29 is 4.79 Å². The summed E-state index contributed by atoms with van der Waals surface area (Å²) in [6, 6.07) is 12.2. The topological polar surface area (TPSA) is 49.3 Å². The lowest BCUT2D eigenvalue weighted by atomic mass is 10.1. The predicted octanol–water partition coefficient (Wildman–Crippen LogP) is 2.07. The molecule has 0 atom stereocenters. The minimum absolute atomic E-state index is 0.243. The molecule has 1 fully saturated rings. The summed E-state index contributed by atoms with van der Waals surface area (Å²) in [6.07, 6.45) is 2.99. The van der Waals surface area contributed by atoms with Crippen LogP contribution in [0.2, 0.25) is 0 Å². The van der Waals surface area contributed by atoms with E-state index in [1.807, 2.05) is 36.1 Å². The van der Waals surface area contributed by atoms with Gasteiger partial charge < -0.3 is 9.80 Å². The Bertz CT molecular complexity index is 651. The third-order valence-electron chi connectivity index (χ3n) is 4.22. The van der Waals surface area contributed by atoms with Crippen LogP contribution < -0.4 is 4.90 Å². The van der Waals surface area contributed by atoms with Crippen LogP contribution >= 0.6 is 0 Å². The van der Waals surface area contributed by atoms with Gasteiger partial charge in [-0.05, 0) is 18.9 Å². The summed E-state index contributed by atoms with van der Waals surface area (Å²) in [5.74, 6) is 1.20. The highest BCUT2D eigenvalue weighted by molar-refractivity contribution is 5.76. The first kappa shape index (κ1) is 15.5. The third kappa shape index (κ3) is 4.06. The molecule has 1 aliphatic heterocycles. The van der Waals surface area contributed by atoms with E-state index in [4.69, 9.17) is 0 Å². The zero-order valence-electron chi connectivity index (χ0n) is 13.5. The number of carbonyl (C=O) groups is 1. The van der Waals surface area contributed by atoms with E-state index in [9.17, 15) is 4.79 Å². The number of rotatable bonds is 4. The molecule has 1 aliphatic rings. The Kier molecular flexibility index (Phi) is 4.86. The van der Waals surface area contributed by atoms with Crippen LogP contribution in [-0.2, 0) is 11.2 Å². The van der Waals surface area contributed by atoms with E-state index in [0.717, 1.165) is 44.1 Å². The SMILES string of the molecule is Cc1cc(N2CCN(C(=O)CCc3ccccc3)CC2)ncn1. The van der Waals surface area contributed by atoms with E-state index >= 15 is 0 Å². The number of amides is 1. The highest BCUT2D eigenvalue weighted by atomic mass is 16.2. The second-order valence-electron chi connectivity index (χ2n) is 5.87. The minimum atomic E-state index is 0.243. The monoisotopic (exact) mass is 310 g/mol. The van der Waals surface area contributed by atoms with E-state index in [1.165, 1.54) is 5.56 Å². The molecule has 3 rings (SSSR count). The first-order valence-corrected chi connectivity index (χ1v) is 8.08. The maximum atomic E-state index is 12.4. The number of aryl methyl sites for hydroxylation is 2. The van der Waals surface area contributed by atoms with Crippen LogP contribution in [0, 0.1) is 6.92 Å². The van der Waals surface area contributed by atoms with Crippen molar-refractivity contribution in [3.63, 3.8) is 0 Å². The summed E-state index contributed by atoms with van der Waals surface area (Å²) >= 11 is 0. The smallest absolute Gasteiger partial charge is 0.223 e. The Morgan fingerprint density at radius 1 is 1.09 bits per heavy atom.